The largest absolute Gasteiger partial charge is 0.447 e. The molecular weight excluding hydrogens is 304 g/mol. The van der Waals surface area contributed by atoms with Crippen molar-refractivity contribution in [2.75, 3.05) is 18.5 Å². The lowest BCUT2D eigenvalue weighted by molar-refractivity contribution is 0.131. The summed E-state index contributed by atoms with van der Waals surface area (Å²) in [5.41, 5.74) is 0.214. The molecule has 2 N–H and O–H groups in total. The smallest absolute Gasteiger partial charge is 0.411 e. The molecule has 1 amide bonds. The number of hydrogen-bond acceptors (Lipinski definition) is 3. The van der Waals surface area contributed by atoms with Gasteiger partial charge in [-0.2, -0.15) is 0 Å². The van der Waals surface area contributed by atoms with Crippen molar-refractivity contribution in [1.82, 2.24) is 0 Å². The maximum absolute atomic E-state index is 12.9. The van der Waals surface area contributed by atoms with Crippen molar-refractivity contribution in [2.24, 2.45) is 0 Å². The molecular formula is C9H8BrClFNO3. The van der Waals surface area contributed by atoms with Crippen LogP contribution in [0.4, 0.5) is 14.9 Å². The van der Waals surface area contributed by atoms with Crippen molar-refractivity contribution >= 4 is 39.3 Å². The van der Waals surface area contributed by atoms with E-state index in [1.165, 1.54) is 0 Å². The first-order chi connectivity index (χ1) is 7.54. The minimum atomic E-state index is -0.775. The second kappa shape index (κ2) is 6.03. The Balaban J connectivity index is 2.77. The Morgan fingerprint density at radius 2 is 2.31 bits per heavy atom. The molecule has 0 bridgehead atoms. The Morgan fingerprint density at radius 1 is 1.62 bits per heavy atom. The first-order valence-electron chi connectivity index (χ1n) is 4.23. The predicted octanol–water partition coefficient (Wildman–Crippen LogP) is 2.78. The summed E-state index contributed by atoms with van der Waals surface area (Å²) in [6.45, 7) is -0.395. The van der Waals surface area contributed by atoms with Crippen LogP contribution in [-0.4, -0.2) is 24.4 Å². The zero-order valence-corrected chi connectivity index (χ0v) is 10.3. The number of amides is 1. The average Bonchev–Trinajstić information content (AvgIpc) is 2.20. The van der Waals surface area contributed by atoms with Gasteiger partial charge in [0.15, 0.2) is 0 Å². The third-order valence-electron chi connectivity index (χ3n) is 1.56. The molecule has 88 valence electrons. The van der Waals surface area contributed by atoms with E-state index < -0.39 is 11.9 Å². The van der Waals surface area contributed by atoms with E-state index in [2.05, 4.69) is 26.0 Å². The number of hydrogen-bond donors (Lipinski definition) is 2. The molecule has 0 radical (unpaired) electrons. The molecule has 0 aliphatic carbocycles. The van der Waals surface area contributed by atoms with Crippen LogP contribution < -0.4 is 5.32 Å². The van der Waals surface area contributed by atoms with Crippen molar-refractivity contribution in [3.63, 3.8) is 0 Å². The summed E-state index contributed by atoms with van der Waals surface area (Å²) in [6, 6.07) is 2.22. The molecule has 0 atom stereocenters. The van der Waals surface area contributed by atoms with E-state index in [4.69, 9.17) is 16.7 Å². The van der Waals surface area contributed by atoms with Crippen molar-refractivity contribution in [2.45, 2.75) is 0 Å². The van der Waals surface area contributed by atoms with E-state index in [0.29, 0.717) is 4.47 Å². The van der Waals surface area contributed by atoms with Crippen molar-refractivity contribution in [3.8, 4) is 0 Å². The van der Waals surface area contributed by atoms with Crippen LogP contribution in [-0.2, 0) is 4.74 Å². The van der Waals surface area contributed by atoms with Crippen LogP contribution in [0.25, 0.3) is 0 Å². The van der Waals surface area contributed by atoms with Crippen LogP contribution in [0.1, 0.15) is 0 Å². The number of carbonyl (C=O) groups is 1. The monoisotopic (exact) mass is 311 g/mol. The molecule has 0 saturated carbocycles. The SMILES string of the molecule is O=C(Nc1c(Cl)cc(F)cc1Br)OCCO. The summed E-state index contributed by atoms with van der Waals surface area (Å²) in [4.78, 5) is 11.1. The number of aliphatic hydroxyl groups is 1. The number of nitrogens with one attached hydrogen (secondary N) is 1. The first-order valence-corrected chi connectivity index (χ1v) is 5.41. The molecule has 0 aliphatic heterocycles. The highest BCUT2D eigenvalue weighted by molar-refractivity contribution is 9.10. The summed E-state index contributed by atoms with van der Waals surface area (Å²) in [7, 11) is 0. The number of anilines is 1. The van der Waals surface area contributed by atoms with Gasteiger partial charge in [0.1, 0.15) is 12.4 Å². The molecule has 0 aliphatic rings. The quantitative estimate of drug-likeness (QED) is 0.902. The number of aliphatic hydroxyl groups excluding tert-OH is 1. The fourth-order valence-corrected chi connectivity index (χ4v) is 1.84. The molecule has 16 heavy (non-hydrogen) atoms. The molecule has 1 aromatic rings. The van der Waals surface area contributed by atoms with Crippen molar-refractivity contribution < 1.29 is 19.0 Å². The van der Waals surface area contributed by atoms with Gasteiger partial charge in [-0.15, -0.1) is 0 Å². The molecule has 1 aromatic carbocycles. The highest BCUT2D eigenvalue weighted by atomic mass is 79.9. The van der Waals surface area contributed by atoms with Crippen LogP contribution in [0.15, 0.2) is 16.6 Å². The molecule has 0 heterocycles. The van der Waals surface area contributed by atoms with Crippen LogP contribution in [0, 0.1) is 5.82 Å². The molecule has 7 heteroatoms. The van der Waals surface area contributed by atoms with Gasteiger partial charge in [0.25, 0.3) is 0 Å². The van der Waals surface area contributed by atoms with Gasteiger partial charge in [-0.3, -0.25) is 5.32 Å². The molecule has 0 saturated heterocycles. The highest BCUT2D eigenvalue weighted by Crippen LogP contribution is 2.31. The van der Waals surface area contributed by atoms with E-state index >= 15 is 0 Å². The second-order valence-electron chi connectivity index (χ2n) is 2.73. The van der Waals surface area contributed by atoms with Gasteiger partial charge in [-0.1, -0.05) is 11.6 Å². The Bertz CT molecular complexity index is 379. The number of ether oxygens (including phenoxy) is 1. The third-order valence-corrected chi connectivity index (χ3v) is 2.48. The summed E-state index contributed by atoms with van der Waals surface area (Å²) in [5.74, 6) is -0.522. The van der Waals surface area contributed by atoms with Gasteiger partial charge >= 0.3 is 6.09 Å². The van der Waals surface area contributed by atoms with E-state index in [-0.39, 0.29) is 23.9 Å². The molecule has 0 unspecified atom stereocenters. The van der Waals surface area contributed by atoms with Crippen molar-refractivity contribution in [1.29, 1.82) is 0 Å². The van der Waals surface area contributed by atoms with E-state index in [1.54, 1.807) is 0 Å². The summed E-state index contributed by atoms with van der Waals surface area (Å²) < 4.78 is 17.7. The van der Waals surface area contributed by atoms with Gasteiger partial charge in [0, 0.05) is 4.47 Å². The van der Waals surface area contributed by atoms with Crippen LogP contribution >= 0.6 is 27.5 Å². The Labute approximate surface area is 104 Å². The number of carbonyl (C=O) groups excluding carboxylic acids is 1. The maximum atomic E-state index is 12.9. The van der Waals surface area contributed by atoms with E-state index in [1.807, 2.05) is 0 Å². The minimum Gasteiger partial charge on any atom is -0.447 e. The van der Waals surface area contributed by atoms with Crippen LogP contribution in [0.3, 0.4) is 0 Å². The van der Waals surface area contributed by atoms with Gasteiger partial charge < -0.3 is 9.84 Å². The fourth-order valence-electron chi connectivity index (χ4n) is 0.938. The summed E-state index contributed by atoms with van der Waals surface area (Å²) in [6.07, 6.45) is -0.775. The Hall–Kier alpha value is -0.850. The van der Waals surface area contributed by atoms with Gasteiger partial charge in [0.05, 0.1) is 17.3 Å². The maximum Gasteiger partial charge on any atom is 0.411 e. The Kier molecular flexibility index (Phi) is 4.98. The summed E-state index contributed by atoms with van der Waals surface area (Å²) >= 11 is 8.77. The zero-order valence-electron chi connectivity index (χ0n) is 7.97. The molecule has 0 aromatic heterocycles. The van der Waals surface area contributed by atoms with Gasteiger partial charge in [0.2, 0.25) is 0 Å². The molecule has 1 rings (SSSR count). The second-order valence-corrected chi connectivity index (χ2v) is 3.99. The number of rotatable bonds is 3. The minimum absolute atomic E-state index is 0.0489. The lowest BCUT2D eigenvalue weighted by Crippen LogP contribution is -2.16. The van der Waals surface area contributed by atoms with E-state index in [0.717, 1.165) is 12.1 Å². The fraction of sp³-hybridized carbons (Fsp3) is 0.222. The lowest BCUT2D eigenvalue weighted by Gasteiger charge is -2.09. The van der Waals surface area contributed by atoms with E-state index in [9.17, 15) is 9.18 Å². The first kappa shape index (κ1) is 13.2. The van der Waals surface area contributed by atoms with Crippen LogP contribution in [0.2, 0.25) is 5.02 Å². The van der Waals surface area contributed by atoms with Gasteiger partial charge in [-0.05, 0) is 28.1 Å². The molecule has 0 spiro atoms. The third kappa shape index (κ3) is 3.62. The normalized spacial score (nSPS) is 10.0. The summed E-state index contributed by atoms with van der Waals surface area (Å²) in [5, 5.41) is 10.8. The van der Waals surface area contributed by atoms with Gasteiger partial charge in [-0.25, -0.2) is 9.18 Å². The Morgan fingerprint density at radius 3 is 2.88 bits per heavy atom. The van der Waals surface area contributed by atoms with Crippen LogP contribution in [0.5, 0.6) is 0 Å². The highest BCUT2D eigenvalue weighted by Gasteiger charge is 2.11. The predicted molar refractivity (Wildman–Crippen MR) is 61.2 cm³/mol. The molecule has 4 nitrogen and oxygen atoms in total. The topological polar surface area (TPSA) is 58.6 Å². The number of halogens is 3. The number of benzene rings is 1. The van der Waals surface area contributed by atoms with Crippen molar-refractivity contribution in [3.05, 3.63) is 27.4 Å². The average molecular weight is 313 g/mol. The lowest BCUT2D eigenvalue weighted by atomic mass is 10.3. The molecule has 0 fully saturated rings. The standard InChI is InChI=1S/C9H8BrClFNO3/c10-6-3-5(12)4-7(11)8(6)13-9(15)16-2-1-14/h3-4,14H,1-2H2,(H,13,15). The zero-order chi connectivity index (χ0) is 12.1.